The average Bonchev–Trinajstić information content (AvgIpc) is 2.60. The Balaban J connectivity index is 2.12. The van der Waals surface area contributed by atoms with Crippen LogP contribution in [0.4, 0.5) is 5.69 Å². The zero-order valence-electron chi connectivity index (χ0n) is 8.29. The molecule has 0 bridgehead atoms. The molecule has 1 aromatic heterocycles. The van der Waals surface area contributed by atoms with E-state index in [1.54, 1.807) is 6.92 Å². The van der Waals surface area contributed by atoms with Crippen LogP contribution in [0.15, 0.2) is 16.7 Å². The Bertz CT molecular complexity index is 395. The van der Waals surface area contributed by atoms with Crippen LogP contribution in [0.5, 0.6) is 0 Å². The number of anilines is 1. The van der Waals surface area contributed by atoms with E-state index in [0.717, 1.165) is 16.0 Å². The summed E-state index contributed by atoms with van der Waals surface area (Å²) in [5.41, 5.74) is 1.82. The molecule has 0 aliphatic carbocycles. The fourth-order valence-electron chi connectivity index (χ4n) is 1.58. The van der Waals surface area contributed by atoms with Crippen molar-refractivity contribution >= 4 is 27.6 Å². The van der Waals surface area contributed by atoms with Crippen LogP contribution >= 0.6 is 15.9 Å². The highest BCUT2D eigenvalue weighted by Crippen LogP contribution is 2.26. The number of nitrogens with one attached hydrogen (secondary N) is 1. The molecule has 1 aliphatic heterocycles. The topological polar surface area (TPSA) is 51.2 Å². The number of ether oxygens (including phenoxy) is 1. The van der Waals surface area contributed by atoms with E-state index < -0.39 is 0 Å². The van der Waals surface area contributed by atoms with Gasteiger partial charge in [0.15, 0.2) is 0 Å². The SMILES string of the molecule is CCOC(=O)C1Cc2nc(Br)ccc2N1. The van der Waals surface area contributed by atoms with Gasteiger partial charge in [-0.2, -0.15) is 0 Å². The number of hydrogen-bond donors (Lipinski definition) is 1. The van der Waals surface area contributed by atoms with Gasteiger partial charge in [0.2, 0.25) is 0 Å². The third-order valence-corrected chi connectivity index (χ3v) is 2.68. The van der Waals surface area contributed by atoms with Crippen molar-refractivity contribution in [3.63, 3.8) is 0 Å². The quantitative estimate of drug-likeness (QED) is 0.657. The van der Waals surface area contributed by atoms with E-state index >= 15 is 0 Å². The lowest BCUT2D eigenvalue weighted by Crippen LogP contribution is -2.29. The molecule has 0 saturated carbocycles. The molecule has 0 radical (unpaired) electrons. The van der Waals surface area contributed by atoms with Crippen molar-refractivity contribution in [1.82, 2.24) is 4.98 Å². The molecule has 0 saturated heterocycles. The number of fused-ring (bicyclic) bond motifs is 1. The van der Waals surface area contributed by atoms with Crippen LogP contribution in [0.25, 0.3) is 0 Å². The summed E-state index contributed by atoms with van der Waals surface area (Å²) >= 11 is 3.30. The smallest absolute Gasteiger partial charge is 0.328 e. The Kier molecular flexibility index (Phi) is 2.90. The van der Waals surface area contributed by atoms with Crippen LogP contribution in [-0.4, -0.2) is 23.6 Å². The van der Waals surface area contributed by atoms with Gasteiger partial charge in [-0.3, -0.25) is 0 Å². The van der Waals surface area contributed by atoms with E-state index in [9.17, 15) is 4.79 Å². The molecule has 1 unspecified atom stereocenters. The van der Waals surface area contributed by atoms with Gasteiger partial charge in [0.1, 0.15) is 10.6 Å². The molecule has 1 aliphatic rings. The van der Waals surface area contributed by atoms with Gasteiger partial charge in [0, 0.05) is 6.42 Å². The number of aromatic nitrogens is 1. The molecule has 1 aromatic rings. The summed E-state index contributed by atoms with van der Waals surface area (Å²) in [6, 6.07) is 3.46. The molecule has 4 nitrogen and oxygen atoms in total. The Labute approximate surface area is 96.2 Å². The highest BCUT2D eigenvalue weighted by Gasteiger charge is 2.28. The average molecular weight is 271 g/mol. The second kappa shape index (κ2) is 4.18. The Morgan fingerprint density at radius 1 is 1.73 bits per heavy atom. The van der Waals surface area contributed by atoms with Crippen LogP contribution in [0.2, 0.25) is 0 Å². The van der Waals surface area contributed by atoms with E-state index in [1.165, 1.54) is 0 Å². The molecule has 0 spiro atoms. The summed E-state index contributed by atoms with van der Waals surface area (Å²) in [6.45, 7) is 2.21. The van der Waals surface area contributed by atoms with Gasteiger partial charge in [0.05, 0.1) is 18.0 Å². The van der Waals surface area contributed by atoms with Gasteiger partial charge in [0.25, 0.3) is 0 Å². The third kappa shape index (κ3) is 2.12. The van der Waals surface area contributed by atoms with Crippen LogP contribution in [0.3, 0.4) is 0 Å². The first-order valence-corrected chi connectivity index (χ1v) is 5.58. The van der Waals surface area contributed by atoms with Gasteiger partial charge in [-0.05, 0) is 35.0 Å². The number of esters is 1. The lowest BCUT2D eigenvalue weighted by Gasteiger charge is -2.08. The number of carbonyl (C=O) groups is 1. The normalized spacial score (nSPS) is 18.1. The molecular weight excluding hydrogens is 260 g/mol. The predicted octanol–water partition coefficient (Wildman–Crippen LogP) is 1.74. The van der Waals surface area contributed by atoms with Crippen LogP contribution in [0.1, 0.15) is 12.6 Å². The number of rotatable bonds is 2. The second-order valence-electron chi connectivity index (χ2n) is 3.28. The summed E-state index contributed by atoms with van der Waals surface area (Å²) in [7, 11) is 0. The van der Waals surface area contributed by atoms with Gasteiger partial charge in [-0.15, -0.1) is 0 Å². The monoisotopic (exact) mass is 270 g/mol. The highest BCUT2D eigenvalue weighted by atomic mass is 79.9. The van der Waals surface area contributed by atoms with Gasteiger partial charge in [-0.25, -0.2) is 9.78 Å². The molecule has 1 N–H and O–H groups in total. The summed E-state index contributed by atoms with van der Waals surface area (Å²) < 4.78 is 5.73. The fraction of sp³-hybridized carbons (Fsp3) is 0.400. The number of pyridine rings is 1. The molecule has 15 heavy (non-hydrogen) atoms. The molecule has 2 heterocycles. The zero-order valence-corrected chi connectivity index (χ0v) is 9.87. The summed E-state index contributed by atoms with van der Waals surface area (Å²) in [5, 5.41) is 3.09. The highest BCUT2D eigenvalue weighted by molar-refractivity contribution is 9.10. The van der Waals surface area contributed by atoms with Crippen molar-refractivity contribution < 1.29 is 9.53 Å². The number of nitrogens with zero attached hydrogens (tertiary/aromatic N) is 1. The van der Waals surface area contributed by atoms with Crippen molar-refractivity contribution in [2.24, 2.45) is 0 Å². The largest absolute Gasteiger partial charge is 0.464 e. The third-order valence-electron chi connectivity index (χ3n) is 2.24. The van der Waals surface area contributed by atoms with Crippen molar-refractivity contribution in [2.45, 2.75) is 19.4 Å². The van der Waals surface area contributed by atoms with Gasteiger partial charge < -0.3 is 10.1 Å². The van der Waals surface area contributed by atoms with E-state index in [4.69, 9.17) is 4.74 Å². The predicted molar refractivity (Wildman–Crippen MR) is 59.7 cm³/mol. The molecule has 0 fully saturated rings. The van der Waals surface area contributed by atoms with Crippen molar-refractivity contribution in [3.8, 4) is 0 Å². The summed E-state index contributed by atoms with van der Waals surface area (Å²) in [6.07, 6.45) is 0.591. The first kappa shape index (κ1) is 10.4. The van der Waals surface area contributed by atoms with Gasteiger partial charge in [-0.1, -0.05) is 0 Å². The molecule has 0 aromatic carbocycles. The van der Waals surface area contributed by atoms with Crippen LogP contribution < -0.4 is 5.32 Å². The van der Waals surface area contributed by atoms with E-state index in [0.29, 0.717) is 13.0 Å². The Morgan fingerprint density at radius 2 is 2.53 bits per heavy atom. The maximum atomic E-state index is 11.5. The Morgan fingerprint density at radius 3 is 3.27 bits per heavy atom. The van der Waals surface area contributed by atoms with Crippen molar-refractivity contribution in [3.05, 3.63) is 22.4 Å². The minimum Gasteiger partial charge on any atom is -0.464 e. The zero-order chi connectivity index (χ0) is 10.8. The summed E-state index contributed by atoms with van der Waals surface area (Å²) in [5.74, 6) is -0.216. The maximum Gasteiger partial charge on any atom is 0.328 e. The minimum absolute atomic E-state index is 0.216. The molecule has 1 atom stereocenters. The molecular formula is C10H11BrN2O2. The Hall–Kier alpha value is -1.10. The van der Waals surface area contributed by atoms with Crippen LogP contribution in [-0.2, 0) is 16.0 Å². The van der Waals surface area contributed by atoms with E-state index in [-0.39, 0.29) is 12.0 Å². The first-order chi connectivity index (χ1) is 7.20. The maximum absolute atomic E-state index is 11.5. The minimum atomic E-state index is -0.290. The van der Waals surface area contributed by atoms with E-state index in [2.05, 4.69) is 26.2 Å². The lowest BCUT2D eigenvalue weighted by atomic mass is 10.2. The van der Waals surface area contributed by atoms with Gasteiger partial charge >= 0.3 is 5.97 Å². The van der Waals surface area contributed by atoms with Crippen LogP contribution in [0, 0.1) is 0 Å². The first-order valence-electron chi connectivity index (χ1n) is 4.79. The fourth-order valence-corrected chi connectivity index (χ4v) is 1.93. The van der Waals surface area contributed by atoms with E-state index in [1.807, 2.05) is 12.1 Å². The second-order valence-corrected chi connectivity index (χ2v) is 4.09. The number of hydrogen-bond acceptors (Lipinski definition) is 4. The molecule has 5 heteroatoms. The molecule has 2 rings (SSSR count). The standard InChI is InChI=1S/C10H11BrN2O2/c1-2-15-10(14)8-5-7-6(12-8)3-4-9(11)13-7/h3-4,8,12H,2,5H2,1H3. The number of carbonyl (C=O) groups excluding carboxylic acids is 1. The van der Waals surface area contributed by atoms with Crippen molar-refractivity contribution in [2.75, 3.05) is 11.9 Å². The lowest BCUT2D eigenvalue weighted by molar-refractivity contribution is -0.143. The molecule has 80 valence electrons. The summed E-state index contributed by atoms with van der Waals surface area (Å²) in [4.78, 5) is 15.8. The molecule has 0 amide bonds. The number of halogens is 1. The van der Waals surface area contributed by atoms with Crippen molar-refractivity contribution in [1.29, 1.82) is 0 Å².